The van der Waals surface area contributed by atoms with Crippen molar-refractivity contribution in [1.29, 1.82) is 0 Å². The Bertz CT molecular complexity index is 485. The molecule has 3 aromatic rings. The molecule has 0 amide bonds. The SMILES string of the molecule is c1[nH]nc2ncn3cnnc3c12. The molecule has 6 heteroatoms. The average molecular weight is 160 g/mol. The summed E-state index contributed by atoms with van der Waals surface area (Å²) >= 11 is 0. The van der Waals surface area contributed by atoms with Crippen molar-refractivity contribution in [2.24, 2.45) is 0 Å². The molecule has 12 heavy (non-hydrogen) atoms. The van der Waals surface area contributed by atoms with Crippen LogP contribution in [-0.2, 0) is 0 Å². The van der Waals surface area contributed by atoms with Crippen LogP contribution in [0, 0.1) is 0 Å². The quantitative estimate of drug-likeness (QED) is 0.502. The van der Waals surface area contributed by atoms with Crippen LogP contribution in [0.1, 0.15) is 0 Å². The van der Waals surface area contributed by atoms with Crippen LogP contribution in [0.25, 0.3) is 16.7 Å². The highest BCUT2D eigenvalue weighted by atomic mass is 15.2. The summed E-state index contributed by atoms with van der Waals surface area (Å²) in [6.45, 7) is 0. The van der Waals surface area contributed by atoms with Gasteiger partial charge in [-0.25, -0.2) is 4.98 Å². The van der Waals surface area contributed by atoms with Gasteiger partial charge in [0.05, 0.1) is 5.39 Å². The van der Waals surface area contributed by atoms with E-state index in [0.29, 0.717) is 5.65 Å². The van der Waals surface area contributed by atoms with Crippen LogP contribution in [0.15, 0.2) is 18.9 Å². The third kappa shape index (κ3) is 0.541. The maximum atomic E-state index is 4.08. The maximum absolute atomic E-state index is 4.08. The highest BCUT2D eigenvalue weighted by Gasteiger charge is 2.03. The zero-order valence-electron chi connectivity index (χ0n) is 5.97. The first kappa shape index (κ1) is 5.64. The lowest BCUT2D eigenvalue weighted by Gasteiger charge is -1.89. The van der Waals surface area contributed by atoms with Crippen molar-refractivity contribution in [2.75, 3.05) is 0 Å². The standard InChI is InChI=1S/C6H4N6/c1-4-5(10-8-1)7-2-12-3-9-11-6(4)12/h1-3H,(H,8,10). The molecule has 3 aromatic heterocycles. The fraction of sp³-hybridized carbons (Fsp3) is 0. The number of fused-ring (bicyclic) bond motifs is 3. The van der Waals surface area contributed by atoms with Crippen molar-refractivity contribution in [3.8, 4) is 0 Å². The van der Waals surface area contributed by atoms with E-state index in [2.05, 4.69) is 25.4 Å². The Balaban J connectivity index is 2.71. The van der Waals surface area contributed by atoms with Crippen LogP contribution in [-0.4, -0.2) is 29.8 Å². The number of hydrogen-bond acceptors (Lipinski definition) is 4. The van der Waals surface area contributed by atoms with Crippen LogP contribution in [0.3, 0.4) is 0 Å². The van der Waals surface area contributed by atoms with Gasteiger partial charge in [-0.15, -0.1) is 10.2 Å². The van der Waals surface area contributed by atoms with Crippen molar-refractivity contribution in [2.45, 2.75) is 0 Å². The number of aromatic amines is 1. The molecule has 0 atom stereocenters. The second-order valence-electron chi connectivity index (χ2n) is 2.43. The van der Waals surface area contributed by atoms with Gasteiger partial charge in [0, 0.05) is 6.20 Å². The van der Waals surface area contributed by atoms with Gasteiger partial charge in [0.1, 0.15) is 12.7 Å². The van der Waals surface area contributed by atoms with Crippen LogP contribution < -0.4 is 0 Å². The predicted molar refractivity (Wildman–Crippen MR) is 40.4 cm³/mol. The van der Waals surface area contributed by atoms with E-state index in [-0.39, 0.29) is 0 Å². The molecule has 0 fully saturated rings. The maximum Gasteiger partial charge on any atom is 0.186 e. The molecule has 0 bridgehead atoms. The van der Waals surface area contributed by atoms with Gasteiger partial charge >= 0.3 is 0 Å². The average Bonchev–Trinajstić information content (AvgIpc) is 2.71. The number of rotatable bonds is 0. The van der Waals surface area contributed by atoms with Gasteiger partial charge in [0.25, 0.3) is 0 Å². The van der Waals surface area contributed by atoms with Gasteiger partial charge in [-0.1, -0.05) is 0 Å². The molecule has 0 aliphatic heterocycles. The van der Waals surface area contributed by atoms with Crippen molar-refractivity contribution in [3.05, 3.63) is 18.9 Å². The van der Waals surface area contributed by atoms with E-state index in [0.717, 1.165) is 11.0 Å². The van der Waals surface area contributed by atoms with E-state index in [9.17, 15) is 0 Å². The van der Waals surface area contributed by atoms with E-state index in [1.165, 1.54) is 0 Å². The molecule has 0 radical (unpaired) electrons. The smallest absolute Gasteiger partial charge is 0.186 e. The fourth-order valence-corrected chi connectivity index (χ4v) is 1.18. The zero-order chi connectivity index (χ0) is 7.97. The van der Waals surface area contributed by atoms with Gasteiger partial charge in [-0.2, -0.15) is 5.10 Å². The molecule has 3 rings (SSSR count). The van der Waals surface area contributed by atoms with E-state index < -0.39 is 0 Å². The summed E-state index contributed by atoms with van der Waals surface area (Å²) in [7, 11) is 0. The number of nitrogens with one attached hydrogen (secondary N) is 1. The summed E-state index contributed by atoms with van der Waals surface area (Å²) in [5, 5.41) is 15.2. The molecule has 1 N–H and O–H groups in total. The molecule has 3 heterocycles. The second-order valence-corrected chi connectivity index (χ2v) is 2.43. The topological polar surface area (TPSA) is 71.8 Å². The predicted octanol–water partition coefficient (Wildman–Crippen LogP) is 0.000600. The molecule has 58 valence electrons. The van der Waals surface area contributed by atoms with Crippen LogP contribution in [0.5, 0.6) is 0 Å². The Morgan fingerprint density at radius 2 is 2.33 bits per heavy atom. The van der Waals surface area contributed by atoms with Gasteiger partial charge in [-0.3, -0.25) is 9.50 Å². The molecule has 0 aromatic carbocycles. The molecule has 0 spiro atoms. The van der Waals surface area contributed by atoms with Crippen LogP contribution >= 0.6 is 0 Å². The van der Waals surface area contributed by atoms with Gasteiger partial charge in [0.2, 0.25) is 0 Å². The Labute approximate surface area is 66.3 Å². The van der Waals surface area contributed by atoms with E-state index in [1.807, 2.05) is 0 Å². The summed E-state index contributed by atoms with van der Waals surface area (Å²) < 4.78 is 1.75. The normalized spacial score (nSPS) is 11.3. The molecule has 0 saturated carbocycles. The molecule has 0 saturated heterocycles. The fourth-order valence-electron chi connectivity index (χ4n) is 1.18. The molecule has 0 aliphatic rings. The minimum absolute atomic E-state index is 0.663. The number of nitrogens with zero attached hydrogens (tertiary/aromatic N) is 5. The van der Waals surface area contributed by atoms with Crippen molar-refractivity contribution >= 4 is 16.7 Å². The summed E-state index contributed by atoms with van der Waals surface area (Å²) in [5.74, 6) is 0. The summed E-state index contributed by atoms with van der Waals surface area (Å²) in [5.41, 5.74) is 1.43. The lowest BCUT2D eigenvalue weighted by molar-refractivity contribution is 1.06. The van der Waals surface area contributed by atoms with Crippen molar-refractivity contribution in [1.82, 2.24) is 29.8 Å². The first-order chi connectivity index (χ1) is 5.95. The number of hydrogen-bond donors (Lipinski definition) is 1. The number of H-pyrrole nitrogens is 1. The third-order valence-corrected chi connectivity index (χ3v) is 1.74. The van der Waals surface area contributed by atoms with Gasteiger partial charge < -0.3 is 0 Å². The zero-order valence-corrected chi connectivity index (χ0v) is 5.97. The van der Waals surface area contributed by atoms with Gasteiger partial charge in [0.15, 0.2) is 11.3 Å². The Morgan fingerprint density at radius 1 is 1.33 bits per heavy atom. The number of aromatic nitrogens is 6. The van der Waals surface area contributed by atoms with E-state index >= 15 is 0 Å². The Morgan fingerprint density at radius 3 is 3.33 bits per heavy atom. The highest BCUT2D eigenvalue weighted by Crippen LogP contribution is 2.11. The third-order valence-electron chi connectivity index (χ3n) is 1.74. The largest absolute Gasteiger partial charge is 0.283 e. The molecular formula is C6H4N6. The molecule has 0 aliphatic carbocycles. The molecule has 6 nitrogen and oxygen atoms in total. The van der Waals surface area contributed by atoms with Crippen molar-refractivity contribution < 1.29 is 0 Å². The summed E-state index contributed by atoms with van der Waals surface area (Å²) in [4.78, 5) is 4.08. The monoisotopic (exact) mass is 160 g/mol. The highest BCUT2D eigenvalue weighted by molar-refractivity contribution is 5.87. The van der Waals surface area contributed by atoms with E-state index in [1.54, 1.807) is 23.3 Å². The minimum atomic E-state index is 0.663. The van der Waals surface area contributed by atoms with Crippen LogP contribution in [0.2, 0.25) is 0 Å². The minimum Gasteiger partial charge on any atom is -0.283 e. The van der Waals surface area contributed by atoms with Crippen LogP contribution in [0.4, 0.5) is 0 Å². The lowest BCUT2D eigenvalue weighted by atomic mass is 10.4. The summed E-state index contributed by atoms with van der Waals surface area (Å²) in [6.07, 6.45) is 5.00. The first-order valence-electron chi connectivity index (χ1n) is 3.43. The molecule has 0 unspecified atom stereocenters. The molecular weight excluding hydrogens is 156 g/mol. The van der Waals surface area contributed by atoms with E-state index in [4.69, 9.17) is 0 Å². The lowest BCUT2D eigenvalue weighted by Crippen LogP contribution is -1.86. The van der Waals surface area contributed by atoms with Gasteiger partial charge in [-0.05, 0) is 0 Å². The van der Waals surface area contributed by atoms with Crippen molar-refractivity contribution in [3.63, 3.8) is 0 Å². The first-order valence-corrected chi connectivity index (χ1v) is 3.43. The Kier molecular flexibility index (Phi) is 0.840. The summed E-state index contributed by atoms with van der Waals surface area (Å²) in [6, 6.07) is 0. The second kappa shape index (κ2) is 1.79. The Hall–Kier alpha value is -1.98.